The predicted octanol–water partition coefficient (Wildman–Crippen LogP) is 2.99. The van der Waals surface area contributed by atoms with E-state index >= 15 is 0 Å². The van der Waals surface area contributed by atoms with Crippen molar-refractivity contribution in [3.63, 3.8) is 0 Å². The highest BCUT2D eigenvalue weighted by Crippen LogP contribution is 2.30. The van der Waals surface area contributed by atoms with E-state index in [-0.39, 0.29) is 0 Å². The van der Waals surface area contributed by atoms with Gasteiger partial charge in [0.1, 0.15) is 0 Å². The molecule has 0 aromatic rings. The molecule has 0 unspecified atom stereocenters. The van der Waals surface area contributed by atoms with Gasteiger partial charge in [-0.2, -0.15) is 0 Å². The molecule has 1 rings (SSSR count). The van der Waals surface area contributed by atoms with E-state index in [1.807, 2.05) is 0 Å². The summed E-state index contributed by atoms with van der Waals surface area (Å²) in [6, 6.07) is 4.15. The molecule has 0 saturated carbocycles. The average molecular weight is 184 g/mol. The van der Waals surface area contributed by atoms with Gasteiger partial charge in [0.05, 0.1) is 21.3 Å². The van der Waals surface area contributed by atoms with Crippen LogP contribution in [-0.4, -0.2) is 21.3 Å². The molecule has 1 nitrogen and oxygen atoms in total. The van der Waals surface area contributed by atoms with Crippen LogP contribution in [0.1, 0.15) is 20.8 Å². The molecule has 0 saturated heterocycles. The van der Waals surface area contributed by atoms with Gasteiger partial charge in [-0.3, -0.25) is 0 Å². The highest BCUT2D eigenvalue weighted by molar-refractivity contribution is 6.86. The molecule has 0 aliphatic carbocycles. The van der Waals surface area contributed by atoms with Crippen molar-refractivity contribution >= 4 is 8.07 Å². The van der Waals surface area contributed by atoms with E-state index in [0.717, 1.165) is 13.2 Å². The van der Waals surface area contributed by atoms with E-state index in [9.17, 15) is 0 Å². The van der Waals surface area contributed by atoms with Gasteiger partial charge in [-0.15, -0.1) is 0 Å². The second kappa shape index (κ2) is 4.24. The van der Waals surface area contributed by atoms with Gasteiger partial charge < -0.3 is 4.74 Å². The third-order valence-corrected chi connectivity index (χ3v) is 9.19. The summed E-state index contributed by atoms with van der Waals surface area (Å²) in [4.78, 5) is 0. The van der Waals surface area contributed by atoms with Crippen molar-refractivity contribution in [2.75, 3.05) is 13.2 Å². The second-order valence-corrected chi connectivity index (χ2v) is 8.91. The van der Waals surface area contributed by atoms with Crippen LogP contribution in [0.2, 0.25) is 18.1 Å². The highest BCUT2D eigenvalue weighted by Gasteiger charge is 2.32. The van der Waals surface area contributed by atoms with Crippen LogP contribution in [0, 0.1) is 0 Å². The van der Waals surface area contributed by atoms with Crippen molar-refractivity contribution in [3.05, 3.63) is 11.3 Å². The smallest absolute Gasteiger partial charge is 0.0834 e. The van der Waals surface area contributed by atoms with E-state index in [1.165, 1.54) is 18.1 Å². The Labute approximate surface area is 76.8 Å². The van der Waals surface area contributed by atoms with Crippen molar-refractivity contribution in [1.29, 1.82) is 0 Å². The molecular weight excluding hydrogens is 164 g/mol. The lowest BCUT2D eigenvalue weighted by Gasteiger charge is -2.29. The Bertz CT molecular complexity index is 162. The van der Waals surface area contributed by atoms with Gasteiger partial charge in [-0.1, -0.05) is 50.2 Å². The van der Waals surface area contributed by atoms with Gasteiger partial charge in [0.15, 0.2) is 0 Å². The van der Waals surface area contributed by atoms with Crippen LogP contribution in [-0.2, 0) is 4.74 Å². The van der Waals surface area contributed by atoms with Crippen molar-refractivity contribution in [3.8, 4) is 0 Å². The largest absolute Gasteiger partial charge is 0.373 e. The first-order valence-corrected chi connectivity index (χ1v) is 7.68. The fourth-order valence-electron chi connectivity index (χ4n) is 2.19. The molecule has 0 N–H and O–H groups in total. The SMILES string of the molecule is CC[Si](CC)(CC)C1=CCOC1. The Kier molecular flexibility index (Phi) is 3.53. The summed E-state index contributed by atoms with van der Waals surface area (Å²) >= 11 is 0. The van der Waals surface area contributed by atoms with Crippen molar-refractivity contribution in [2.24, 2.45) is 0 Å². The van der Waals surface area contributed by atoms with E-state index in [1.54, 1.807) is 5.20 Å². The molecule has 1 heterocycles. The van der Waals surface area contributed by atoms with Crippen molar-refractivity contribution in [1.82, 2.24) is 0 Å². The fourth-order valence-corrected chi connectivity index (χ4v) is 5.98. The van der Waals surface area contributed by atoms with Crippen LogP contribution in [0.5, 0.6) is 0 Å². The van der Waals surface area contributed by atoms with E-state index < -0.39 is 8.07 Å². The molecule has 12 heavy (non-hydrogen) atoms. The maximum atomic E-state index is 5.41. The molecular formula is C10H20OSi. The summed E-state index contributed by atoms with van der Waals surface area (Å²) in [6.07, 6.45) is 2.34. The Morgan fingerprint density at radius 2 is 1.83 bits per heavy atom. The van der Waals surface area contributed by atoms with Gasteiger partial charge in [0.2, 0.25) is 0 Å². The lowest BCUT2D eigenvalue weighted by molar-refractivity contribution is 0.210. The zero-order valence-corrected chi connectivity index (χ0v) is 9.52. The third kappa shape index (κ3) is 1.64. The summed E-state index contributed by atoms with van der Waals surface area (Å²) in [6.45, 7) is 8.83. The Morgan fingerprint density at radius 3 is 2.17 bits per heavy atom. The summed E-state index contributed by atoms with van der Waals surface area (Å²) in [5.74, 6) is 0. The fraction of sp³-hybridized carbons (Fsp3) is 0.800. The van der Waals surface area contributed by atoms with Crippen LogP contribution in [0.3, 0.4) is 0 Å². The molecule has 0 spiro atoms. The Balaban J connectivity index is 2.75. The second-order valence-electron chi connectivity index (χ2n) is 3.59. The van der Waals surface area contributed by atoms with Crippen LogP contribution in [0.4, 0.5) is 0 Å². The molecule has 0 atom stereocenters. The molecule has 0 aromatic heterocycles. The molecule has 0 fully saturated rings. The van der Waals surface area contributed by atoms with Crippen LogP contribution in [0.25, 0.3) is 0 Å². The molecule has 70 valence electrons. The van der Waals surface area contributed by atoms with Crippen LogP contribution >= 0.6 is 0 Å². The number of rotatable bonds is 4. The highest BCUT2D eigenvalue weighted by atomic mass is 28.3. The minimum atomic E-state index is -1.05. The van der Waals surface area contributed by atoms with Crippen molar-refractivity contribution < 1.29 is 4.74 Å². The maximum absolute atomic E-state index is 5.41. The summed E-state index contributed by atoms with van der Waals surface area (Å²) < 4.78 is 5.41. The van der Waals surface area contributed by atoms with Gasteiger partial charge in [0.25, 0.3) is 0 Å². The minimum absolute atomic E-state index is 0.865. The Hall–Kier alpha value is -0.0831. The summed E-state index contributed by atoms with van der Waals surface area (Å²) in [7, 11) is -1.05. The quantitative estimate of drug-likeness (QED) is 0.610. The monoisotopic (exact) mass is 184 g/mol. The van der Waals surface area contributed by atoms with Crippen molar-refractivity contribution in [2.45, 2.75) is 38.9 Å². The standard InChI is InChI=1S/C10H20OSi/c1-4-12(5-2,6-3)10-7-8-11-9-10/h7H,4-6,8-9H2,1-3H3. The predicted molar refractivity (Wildman–Crippen MR) is 56.1 cm³/mol. The zero-order valence-electron chi connectivity index (χ0n) is 8.52. The van der Waals surface area contributed by atoms with Crippen LogP contribution in [0.15, 0.2) is 11.3 Å². The molecule has 0 bridgehead atoms. The number of hydrogen-bond donors (Lipinski definition) is 0. The first-order chi connectivity index (χ1) is 5.79. The maximum Gasteiger partial charge on any atom is 0.0834 e. The molecule has 0 radical (unpaired) electrons. The number of ether oxygens (including phenoxy) is 1. The molecule has 1 aliphatic rings. The summed E-state index contributed by atoms with van der Waals surface area (Å²) in [5, 5.41) is 1.68. The molecule has 1 aliphatic heterocycles. The minimum Gasteiger partial charge on any atom is -0.373 e. The van der Waals surface area contributed by atoms with E-state index in [4.69, 9.17) is 4.74 Å². The molecule has 0 amide bonds. The first-order valence-electron chi connectivity index (χ1n) is 5.06. The van der Waals surface area contributed by atoms with E-state index in [2.05, 4.69) is 26.8 Å². The van der Waals surface area contributed by atoms with Gasteiger partial charge in [-0.25, -0.2) is 0 Å². The first kappa shape index (κ1) is 10.0. The zero-order chi connectivity index (χ0) is 9.03. The molecule has 2 heteroatoms. The van der Waals surface area contributed by atoms with Crippen LogP contribution < -0.4 is 0 Å². The number of hydrogen-bond acceptors (Lipinski definition) is 1. The van der Waals surface area contributed by atoms with Gasteiger partial charge >= 0.3 is 0 Å². The van der Waals surface area contributed by atoms with Gasteiger partial charge in [-0.05, 0) is 0 Å². The summed E-state index contributed by atoms with van der Waals surface area (Å²) in [5.41, 5.74) is 0. The Morgan fingerprint density at radius 1 is 1.25 bits per heavy atom. The topological polar surface area (TPSA) is 9.23 Å². The lowest BCUT2D eigenvalue weighted by Crippen LogP contribution is -2.35. The normalized spacial score (nSPS) is 18.1. The molecule has 0 aromatic carbocycles. The lowest BCUT2D eigenvalue weighted by atomic mass is 10.6. The van der Waals surface area contributed by atoms with Gasteiger partial charge in [0, 0.05) is 0 Å². The average Bonchev–Trinajstić information content (AvgIpc) is 2.62. The third-order valence-electron chi connectivity index (χ3n) is 3.42. The van der Waals surface area contributed by atoms with E-state index in [0.29, 0.717) is 0 Å².